The molecule has 0 bridgehead atoms. The van der Waals surface area contributed by atoms with Crippen LogP contribution in [-0.2, 0) is 14.6 Å². The van der Waals surface area contributed by atoms with Crippen molar-refractivity contribution >= 4 is 44.5 Å². The number of fused-ring (bicyclic) bond motifs is 1. The number of carbonyl (C=O) groups is 1. The smallest absolute Gasteiger partial charge is 0.225 e. The molecule has 1 aliphatic rings. The highest BCUT2D eigenvalue weighted by atomic mass is 32.2. The number of hydrogen-bond acceptors (Lipinski definition) is 6. The average molecular weight is 446 g/mol. The molecular formula is C21H19NO4S3. The third-order valence-electron chi connectivity index (χ3n) is 4.93. The number of ether oxygens (including phenoxy) is 1. The first-order chi connectivity index (χ1) is 13.9. The summed E-state index contributed by atoms with van der Waals surface area (Å²) in [5.41, 5.74) is 1.41. The van der Waals surface area contributed by atoms with Gasteiger partial charge in [0.05, 0.1) is 17.7 Å². The van der Waals surface area contributed by atoms with E-state index in [4.69, 9.17) is 4.74 Å². The van der Waals surface area contributed by atoms with Crippen molar-refractivity contribution in [1.29, 1.82) is 0 Å². The number of thiophene rings is 1. The minimum atomic E-state index is -3.76. The van der Waals surface area contributed by atoms with Gasteiger partial charge in [0.2, 0.25) is 15.7 Å². The molecule has 4 rings (SSSR count). The molecule has 2 heterocycles. The molecule has 5 nitrogen and oxygen atoms in total. The zero-order valence-corrected chi connectivity index (χ0v) is 18.3. The number of carbonyl (C=O) groups excluding carboxylic acids is 1. The standard InChI is InChI=1S/C21H19NO4S3/c1-26-14-5-9-16(10-6-14)29(24,25)18-12-28-21-17(11-19(23)22-20(18)21)13-3-7-15(27-2)8-4-13/h3-10,12,17H,11H2,1-2H3,(H,22,23)/t17-/m1/s1. The van der Waals surface area contributed by atoms with E-state index >= 15 is 0 Å². The first-order valence-corrected chi connectivity index (χ1v) is 12.5. The highest BCUT2D eigenvalue weighted by Crippen LogP contribution is 2.46. The number of nitrogens with one attached hydrogen (secondary N) is 1. The van der Waals surface area contributed by atoms with Crippen LogP contribution in [0.5, 0.6) is 5.75 Å². The minimum absolute atomic E-state index is 0.140. The number of thioether (sulfide) groups is 1. The third kappa shape index (κ3) is 3.68. The van der Waals surface area contributed by atoms with E-state index in [2.05, 4.69) is 5.32 Å². The molecule has 8 heteroatoms. The number of anilines is 1. The molecule has 0 aliphatic carbocycles. The van der Waals surface area contributed by atoms with Gasteiger partial charge in [-0.15, -0.1) is 23.1 Å². The third-order valence-corrected chi connectivity index (χ3v) is 8.72. The van der Waals surface area contributed by atoms with Crippen molar-refractivity contribution in [2.75, 3.05) is 18.7 Å². The monoisotopic (exact) mass is 445 g/mol. The maximum absolute atomic E-state index is 13.2. The summed E-state index contributed by atoms with van der Waals surface area (Å²) in [4.78, 5) is 14.7. The van der Waals surface area contributed by atoms with Crippen LogP contribution in [0.2, 0.25) is 0 Å². The average Bonchev–Trinajstić information content (AvgIpc) is 3.18. The lowest BCUT2D eigenvalue weighted by Gasteiger charge is -2.24. The summed E-state index contributed by atoms with van der Waals surface area (Å²) >= 11 is 3.03. The van der Waals surface area contributed by atoms with E-state index in [1.165, 1.54) is 30.6 Å². The van der Waals surface area contributed by atoms with Gasteiger partial charge >= 0.3 is 0 Å². The molecule has 3 aromatic rings. The predicted molar refractivity (Wildman–Crippen MR) is 116 cm³/mol. The Morgan fingerprint density at radius 2 is 1.79 bits per heavy atom. The van der Waals surface area contributed by atoms with E-state index in [0.717, 1.165) is 15.3 Å². The van der Waals surface area contributed by atoms with Crippen LogP contribution >= 0.6 is 23.1 Å². The molecule has 0 unspecified atom stereocenters. The summed E-state index contributed by atoms with van der Waals surface area (Å²) in [6.45, 7) is 0. The fraction of sp³-hybridized carbons (Fsp3) is 0.190. The lowest BCUT2D eigenvalue weighted by Crippen LogP contribution is -2.23. The second kappa shape index (κ2) is 7.85. The maximum atomic E-state index is 13.2. The molecule has 1 amide bonds. The zero-order chi connectivity index (χ0) is 20.6. The summed E-state index contributed by atoms with van der Waals surface area (Å²) in [6, 6.07) is 14.3. The molecule has 0 fully saturated rings. The lowest BCUT2D eigenvalue weighted by molar-refractivity contribution is -0.116. The molecule has 1 aliphatic heterocycles. The van der Waals surface area contributed by atoms with E-state index < -0.39 is 9.84 Å². The van der Waals surface area contributed by atoms with Crippen LogP contribution < -0.4 is 10.1 Å². The van der Waals surface area contributed by atoms with Crippen molar-refractivity contribution in [1.82, 2.24) is 0 Å². The predicted octanol–water partition coefficient (Wildman–Crippen LogP) is 4.79. The van der Waals surface area contributed by atoms with Gasteiger partial charge in [0.25, 0.3) is 0 Å². The first-order valence-electron chi connectivity index (χ1n) is 8.88. The van der Waals surface area contributed by atoms with E-state index in [0.29, 0.717) is 17.9 Å². The van der Waals surface area contributed by atoms with Gasteiger partial charge in [0.1, 0.15) is 10.6 Å². The normalized spacial score (nSPS) is 16.2. The van der Waals surface area contributed by atoms with Gasteiger partial charge in [-0.1, -0.05) is 12.1 Å². The van der Waals surface area contributed by atoms with Gasteiger partial charge < -0.3 is 10.1 Å². The molecule has 0 saturated carbocycles. The van der Waals surface area contributed by atoms with E-state index in [-0.39, 0.29) is 21.6 Å². The largest absolute Gasteiger partial charge is 0.497 e. The van der Waals surface area contributed by atoms with Gasteiger partial charge in [-0.2, -0.15) is 0 Å². The summed E-state index contributed by atoms with van der Waals surface area (Å²) < 4.78 is 31.5. The van der Waals surface area contributed by atoms with Crippen LogP contribution in [0.3, 0.4) is 0 Å². The Morgan fingerprint density at radius 3 is 2.41 bits per heavy atom. The number of sulfone groups is 1. The molecule has 1 aromatic heterocycles. The Bertz CT molecular complexity index is 1150. The lowest BCUT2D eigenvalue weighted by atomic mass is 9.91. The van der Waals surface area contributed by atoms with Crippen LogP contribution in [0.1, 0.15) is 22.8 Å². The molecule has 2 aromatic carbocycles. The molecule has 150 valence electrons. The Balaban J connectivity index is 1.76. The summed E-state index contributed by atoms with van der Waals surface area (Å²) in [5, 5.41) is 4.42. The Morgan fingerprint density at radius 1 is 1.10 bits per heavy atom. The van der Waals surface area contributed by atoms with Crippen molar-refractivity contribution < 1.29 is 17.9 Å². The summed E-state index contributed by atoms with van der Waals surface area (Å²) in [7, 11) is -2.24. The maximum Gasteiger partial charge on any atom is 0.225 e. The van der Waals surface area contributed by atoms with Crippen LogP contribution in [0.4, 0.5) is 5.69 Å². The van der Waals surface area contributed by atoms with Gasteiger partial charge in [-0.25, -0.2) is 8.42 Å². The molecular weight excluding hydrogens is 426 g/mol. The van der Waals surface area contributed by atoms with Crippen molar-refractivity contribution in [2.45, 2.75) is 27.0 Å². The molecule has 1 atom stereocenters. The molecule has 29 heavy (non-hydrogen) atoms. The number of methoxy groups -OCH3 is 1. The van der Waals surface area contributed by atoms with Crippen LogP contribution in [0.15, 0.2) is 68.6 Å². The fourth-order valence-electron chi connectivity index (χ4n) is 3.39. The molecule has 0 saturated heterocycles. The van der Waals surface area contributed by atoms with Gasteiger partial charge in [0, 0.05) is 27.5 Å². The van der Waals surface area contributed by atoms with Gasteiger partial charge in [-0.3, -0.25) is 4.79 Å². The van der Waals surface area contributed by atoms with Crippen molar-refractivity contribution in [3.05, 3.63) is 64.4 Å². The SMILES string of the molecule is COc1ccc(S(=O)(=O)c2csc3c2NC(=O)C[C@@H]3c2ccc(SC)cc2)cc1. The summed E-state index contributed by atoms with van der Waals surface area (Å²) in [5.74, 6) is 0.249. The first kappa shape index (κ1) is 20.0. The second-order valence-electron chi connectivity index (χ2n) is 6.60. The fourth-order valence-corrected chi connectivity index (χ4v) is 6.71. The Labute approximate surface area is 178 Å². The highest BCUT2D eigenvalue weighted by molar-refractivity contribution is 7.98. The number of amides is 1. The molecule has 0 spiro atoms. The zero-order valence-electron chi connectivity index (χ0n) is 15.8. The molecule has 1 N–H and O–H groups in total. The van der Waals surface area contributed by atoms with Crippen LogP contribution in [0.25, 0.3) is 0 Å². The van der Waals surface area contributed by atoms with Crippen LogP contribution in [-0.4, -0.2) is 27.7 Å². The Kier molecular flexibility index (Phi) is 5.42. The topological polar surface area (TPSA) is 72.5 Å². The van der Waals surface area contributed by atoms with E-state index in [1.807, 2.05) is 30.5 Å². The minimum Gasteiger partial charge on any atom is -0.497 e. The van der Waals surface area contributed by atoms with Crippen molar-refractivity contribution in [2.24, 2.45) is 0 Å². The van der Waals surface area contributed by atoms with Gasteiger partial charge in [0.15, 0.2) is 0 Å². The highest BCUT2D eigenvalue weighted by Gasteiger charge is 2.34. The van der Waals surface area contributed by atoms with Crippen LogP contribution in [0, 0.1) is 0 Å². The van der Waals surface area contributed by atoms with E-state index in [9.17, 15) is 13.2 Å². The van der Waals surface area contributed by atoms with Crippen molar-refractivity contribution in [3.8, 4) is 5.75 Å². The van der Waals surface area contributed by atoms with Gasteiger partial charge in [-0.05, 0) is 48.2 Å². The summed E-state index contributed by atoms with van der Waals surface area (Å²) in [6.07, 6.45) is 2.31. The van der Waals surface area contributed by atoms with E-state index in [1.54, 1.807) is 29.3 Å². The number of benzene rings is 2. The number of hydrogen-bond donors (Lipinski definition) is 1. The number of rotatable bonds is 5. The molecule has 0 radical (unpaired) electrons. The van der Waals surface area contributed by atoms with Crippen molar-refractivity contribution in [3.63, 3.8) is 0 Å². The quantitative estimate of drug-likeness (QED) is 0.572. The second-order valence-corrected chi connectivity index (χ2v) is 10.3. The Hall–Kier alpha value is -2.29.